The summed E-state index contributed by atoms with van der Waals surface area (Å²) in [5.41, 5.74) is 1.12. The molecule has 1 atom stereocenters. The van der Waals surface area contributed by atoms with Crippen molar-refractivity contribution in [3.63, 3.8) is 0 Å². The van der Waals surface area contributed by atoms with Gasteiger partial charge in [0.15, 0.2) is 0 Å². The van der Waals surface area contributed by atoms with E-state index >= 15 is 0 Å². The zero-order chi connectivity index (χ0) is 14.6. The van der Waals surface area contributed by atoms with Crippen LogP contribution in [0.15, 0.2) is 35.3 Å². The fourth-order valence-corrected chi connectivity index (χ4v) is 3.61. The highest BCUT2D eigenvalue weighted by atomic mass is 32.5. The monoisotopic (exact) mass is 314 g/mol. The molecule has 0 aromatic heterocycles. The van der Waals surface area contributed by atoms with E-state index in [2.05, 4.69) is 4.99 Å². The van der Waals surface area contributed by atoms with Crippen LogP contribution in [0.4, 0.5) is 0 Å². The van der Waals surface area contributed by atoms with Crippen LogP contribution >= 0.6 is 6.64 Å². The van der Waals surface area contributed by atoms with Crippen molar-refractivity contribution in [1.82, 2.24) is 4.67 Å². The first-order valence-corrected chi connectivity index (χ1v) is 8.95. The van der Waals surface area contributed by atoms with Gasteiger partial charge in [0.2, 0.25) is 0 Å². The first kappa shape index (κ1) is 15.4. The number of amidine groups is 1. The molecule has 110 valence electrons. The van der Waals surface area contributed by atoms with Crippen molar-refractivity contribution in [2.24, 2.45) is 4.99 Å². The van der Waals surface area contributed by atoms with E-state index in [1.54, 1.807) is 14.2 Å². The van der Waals surface area contributed by atoms with Gasteiger partial charge in [-0.2, -0.15) is 0 Å². The Morgan fingerprint density at radius 3 is 2.55 bits per heavy atom. The van der Waals surface area contributed by atoms with E-state index in [1.165, 1.54) is 0 Å². The Morgan fingerprint density at radius 2 is 1.95 bits per heavy atom. The number of rotatable bonds is 5. The summed E-state index contributed by atoms with van der Waals surface area (Å²) in [6.45, 7) is 0.683. The summed E-state index contributed by atoms with van der Waals surface area (Å²) in [6, 6.07) is 10.5. The average Bonchev–Trinajstić information content (AvgIpc) is 2.96. The summed E-state index contributed by atoms with van der Waals surface area (Å²) in [5.74, 6) is 0. The lowest BCUT2D eigenvalue weighted by Crippen LogP contribution is -2.24. The molecular formula is C13H19N2O3PS. The van der Waals surface area contributed by atoms with Crippen LogP contribution in [-0.2, 0) is 25.6 Å². The molecule has 0 spiro atoms. The van der Waals surface area contributed by atoms with E-state index in [0.717, 1.165) is 5.56 Å². The Bertz CT molecular complexity index is 516. The predicted octanol–water partition coefficient (Wildman–Crippen LogP) is 2.95. The topological polar surface area (TPSA) is 43.3 Å². The second-order valence-electron chi connectivity index (χ2n) is 4.30. The van der Waals surface area contributed by atoms with Crippen molar-refractivity contribution in [3.8, 4) is 0 Å². The average molecular weight is 314 g/mol. The van der Waals surface area contributed by atoms with Crippen LogP contribution in [0, 0.1) is 0 Å². The van der Waals surface area contributed by atoms with Gasteiger partial charge in [-0.05, 0) is 24.3 Å². The van der Waals surface area contributed by atoms with E-state index in [9.17, 15) is 0 Å². The van der Waals surface area contributed by atoms with Gasteiger partial charge in [0.05, 0.1) is 12.6 Å². The molecule has 1 aliphatic heterocycles. The maximum atomic E-state index is 5.58. The van der Waals surface area contributed by atoms with Gasteiger partial charge < -0.3 is 13.8 Å². The van der Waals surface area contributed by atoms with E-state index in [0.29, 0.717) is 19.2 Å². The molecular weight excluding hydrogens is 295 g/mol. The SMILES string of the molecule is COP(=S)(OC)N1CCOC1=N[C@@H](C)c1ccccc1. The maximum absolute atomic E-state index is 5.58. The summed E-state index contributed by atoms with van der Waals surface area (Å²) in [7, 11) is 3.11. The lowest BCUT2D eigenvalue weighted by molar-refractivity contribution is 0.301. The van der Waals surface area contributed by atoms with Gasteiger partial charge in [-0.15, -0.1) is 0 Å². The van der Waals surface area contributed by atoms with Gasteiger partial charge in [-0.3, -0.25) is 4.67 Å². The Balaban J connectivity index is 2.23. The number of hydrogen-bond acceptors (Lipinski definition) is 5. The number of hydrogen-bond donors (Lipinski definition) is 0. The molecule has 1 aliphatic rings. The number of aliphatic imine (C=N–C) groups is 1. The molecule has 0 N–H and O–H groups in total. The zero-order valence-corrected chi connectivity index (χ0v) is 13.6. The zero-order valence-electron chi connectivity index (χ0n) is 11.9. The molecule has 20 heavy (non-hydrogen) atoms. The van der Waals surface area contributed by atoms with Gasteiger partial charge in [0.25, 0.3) is 12.7 Å². The second kappa shape index (κ2) is 6.68. The largest absolute Gasteiger partial charge is 0.463 e. The minimum absolute atomic E-state index is 0.0102. The molecule has 1 aromatic rings. The number of benzene rings is 1. The summed E-state index contributed by atoms with van der Waals surface area (Å²) in [5, 5.41) is 0. The van der Waals surface area contributed by atoms with Gasteiger partial charge >= 0.3 is 0 Å². The van der Waals surface area contributed by atoms with Crippen LogP contribution < -0.4 is 0 Å². The highest BCUT2D eigenvalue weighted by Gasteiger charge is 2.35. The highest BCUT2D eigenvalue weighted by Crippen LogP contribution is 2.52. The lowest BCUT2D eigenvalue weighted by Gasteiger charge is -2.27. The molecule has 5 nitrogen and oxygen atoms in total. The fourth-order valence-electron chi connectivity index (χ4n) is 1.97. The van der Waals surface area contributed by atoms with E-state index in [1.807, 2.05) is 41.9 Å². The van der Waals surface area contributed by atoms with Crippen LogP contribution in [0.2, 0.25) is 0 Å². The Morgan fingerprint density at radius 1 is 1.30 bits per heavy atom. The minimum atomic E-state index is -2.52. The van der Waals surface area contributed by atoms with Gasteiger partial charge in [-0.25, -0.2) is 4.99 Å². The summed E-state index contributed by atoms with van der Waals surface area (Å²) >= 11 is 5.44. The maximum Gasteiger partial charge on any atom is 0.295 e. The van der Waals surface area contributed by atoms with Crippen molar-refractivity contribution >= 4 is 24.5 Å². The number of nitrogens with zero attached hydrogens (tertiary/aromatic N) is 2. The molecule has 1 fully saturated rings. The molecule has 0 bridgehead atoms. The van der Waals surface area contributed by atoms with Crippen LogP contribution in [0.1, 0.15) is 18.5 Å². The number of ether oxygens (including phenoxy) is 1. The van der Waals surface area contributed by atoms with Crippen molar-refractivity contribution in [1.29, 1.82) is 0 Å². The summed E-state index contributed by atoms with van der Waals surface area (Å²) in [6.07, 6.45) is 0. The molecule has 0 radical (unpaired) electrons. The molecule has 0 amide bonds. The highest BCUT2D eigenvalue weighted by molar-refractivity contribution is 8.09. The molecule has 0 aliphatic carbocycles. The third-order valence-electron chi connectivity index (χ3n) is 3.10. The smallest absolute Gasteiger partial charge is 0.295 e. The molecule has 0 unspecified atom stereocenters. The van der Waals surface area contributed by atoms with E-state index in [4.69, 9.17) is 25.6 Å². The molecule has 0 saturated carbocycles. The van der Waals surface area contributed by atoms with Gasteiger partial charge in [0.1, 0.15) is 6.61 Å². The van der Waals surface area contributed by atoms with Crippen molar-refractivity contribution in [3.05, 3.63) is 35.9 Å². The molecule has 2 rings (SSSR count). The fraction of sp³-hybridized carbons (Fsp3) is 0.462. The predicted molar refractivity (Wildman–Crippen MR) is 83.3 cm³/mol. The Labute approximate surface area is 124 Å². The molecule has 1 heterocycles. The van der Waals surface area contributed by atoms with Crippen molar-refractivity contribution in [2.75, 3.05) is 27.4 Å². The van der Waals surface area contributed by atoms with Crippen molar-refractivity contribution in [2.45, 2.75) is 13.0 Å². The van der Waals surface area contributed by atoms with Crippen LogP contribution in [0.25, 0.3) is 0 Å². The van der Waals surface area contributed by atoms with E-state index in [-0.39, 0.29) is 6.04 Å². The molecule has 7 heteroatoms. The van der Waals surface area contributed by atoms with Crippen LogP contribution in [0.5, 0.6) is 0 Å². The first-order valence-electron chi connectivity index (χ1n) is 6.36. The lowest BCUT2D eigenvalue weighted by atomic mass is 10.1. The second-order valence-corrected chi connectivity index (χ2v) is 7.84. The standard InChI is InChI=1S/C13H19N2O3PS/c1-11(12-7-5-4-6-8-12)14-13-15(9-10-18-13)19(20,16-2)17-3/h4-8,11H,9-10H2,1-3H3/t11-/m0/s1. The first-order chi connectivity index (χ1) is 9.60. The van der Waals surface area contributed by atoms with Crippen molar-refractivity contribution < 1.29 is 13.8 Å². The van der Waals surface area contributed by atoms with Gasteiger partial charge in [0, 0.05) is 14.2 Å². The summed E-state index contributed by atoms with van der Waals surface area (Å²) < 4.78 is 18.1. The van der Waals surface area contributed by atoms with Crippen LogP contribution in [-0.4, -0.2) is 38.1 Å². The molecule has 1 aromatic carbocycles. The Kier molecular flexibility index (Phi) is 5.16. The quantitative estimate of drug-likeness (QED) is 0.782. The third-order valence-corrected chi connectivity index (χ3v) is 6.47. The normalized spacial score (nSPS) is 19.1. The minimum Gasteiger partial charge on any atom is -0.463 e. The van der Waals surface area contributed by atoms with E-state index < -0.39 is 6.64 Å². The molecule has 1 saturated heterocycles. The Hall–Kier alpha value is -0.940. The van der Waals surface area contributed by atoms with Crippen LogP contribution in [0.3, 0.4) is 0 Å². The summed E-state index contributed by atoms with van der Waals surface area (Å²) in [4.78, 5) is 4.61. The van der Waals surface area contributed by atoms with Gasteiger partial charge in [-0.1, -0.05) is 30.3 Å². The third kappa shape index (κ3) is 3.20.